The van der Waals surface area contributed by atoms with Crippen molar-refractivity contribution in [3.63, 3.8) is 0 Å². The highest BCUT2D eigenvalue weighted by atomic mass is 32.2. The van der Waals surface area contributed by atoms with E-state index in [0.29, 0.717) is 38.4 Å². The minimum absolute atomic E-state index is 0.0206. The minimum atomic E-state index is -3.45. The number of hydrogen-bond donors (Lipinski definition) is 1. The van der Waals surface area contributed by atoms with Crippen LogP contribution in [0, 0.1) is 0 Å². The second-order valence-electron chi connectivity index (χ2n) is 8.71. The summed E-state index contributed by atoms with van der Waals surface area (Å²) in [6, 6.07) is 26.6. The van der Waals surface area contributed by atoms with Gasteiger partial charge in [-0.05, 0) is 48.2 Å². The molecule has 6 nitrogen and oxygen atoms in total. The molecular weight excluding hydrogens is 460 g/mol. The van der Waals surface area contributed by atoms with E-state index in [9.17, 15) is 13.2 Å². The van der Waals surface area contributed by atoms with Crippen LogP contribution in [-0.4, -0.2) is 44.9 Å². The average Bonchev–Trinajstić information content (AvgIpc) is 2.91. The maximum atomic E-state index is 12.8. The highest BCUT2D eigenvalue weighted by Gasteiger charge is 2.25. The SMILES string of the molecule is O=C(CC(c1ccccc1)c1ccccc1)NCCOc1ccc(S(=O)(=O)N2CCCCC2)cc1. The molecule has 1 aliphatic heterocycles. The highest BCUT2D eigenvalue weighted by Crippen LogP contribution is 2.28. The van der Waals surface area contributed by atoms with Gasteiger partial charge in [-0.15, -0.1) is 0 Å². The van der Waals surface area contributed by atoms with Crippen LogP contribution in [0.15, 0.2) is 89.8 Å². The van der Waals surface area contributed by atoms with Gasteiger partial charge in [0, 0.05) is 25.4 Å². The molecule has 1 heterocycles. The van der Waals surface area contributed by atoms with Crippen LogP contribution in [0.4, 0.5) is 0 Å². The van der Waals surface area contributed by atoms with E-state index >= 15 is 0 Å². The maximum absolute atomic E-state index is 12.8. The summed E-state index contributed by atoms with van der Waals surface area (Å²) < 4.78 is 32.8. The molecule has 0 atom stereocenters. The van der Waals surface area contributed by atoms with E-state index in [-0.39, 0.29) is 16.7 Å². The number of piperidine rings is 1. The van der Waals surface area contributed by atoms with Crippen molar-refractivity contribution in [1.29, 1.82) is 0 Å². The Morgan fingerprint density at radius 3 is 1.97 bits per heavy atom. The first-order valence-corrected chi connectivity index (χ1v) is 13.6. The lowest BCUT2D eigenvalue weighted by Gasteiger charge is -2.25. The third-order valence-corrected chi connectivity index (χ3v) is 8.18. The summed E-state index contributed by atoms with van der Waals surface area (Å²) in [5.74, 6) is 0.505. The standard InChI is InChI=1S/C28H32N2O4S/c31-28(22-27(23-10-4-1-5-11-23)24-12-6-2-7-13-24)29-18-21-34-25-14-16-26(17-15-25)35(32,33)30-19-8-3-9-20-30/h1-2,4-7,10-17,27H,3,8-9,18-22H2,(H,29,31). The van der Waals surface area contributed by atoms with Crippen molar-refractivity contribution in [1.82, 2.24) is 9.62 Å². The molecule has 3 aromatic carbocycles. The summed E-state index contributed by atoms with van der Waals surface area (Å²) in [6.45, 7) is 1.82. The Labute approximate surface area is 208 Å². The Morgan fingerprint density at radius 2 is 1.40 bits per heavy atom. The topological polar surface area (TPSA) is 75.7 Å². The molecule has 0 aliphatic carbocycles. The van der Waals surface area contributed by atoms with Gasteiger partial charge in [0.2, 0.25) is 15.9 Å². The molecule has 0 radical (unpaired) electrons. The normalized spacial score (nSPS) is 14.5. The minimum Gasteiger partial charge on any atom is -0.492 e. The van der Waals surface area contributed by atoms with Gasteiger partial charge in [0.15, 0.2) is 0 Å². The number of hydrogen-bond acceptors (Lipinski definition) is 4. The van der Waals surface area contributed by atoms with E-state index in [1.807, 2.05) is 60.7 Å². The van der Waals surface area contributed by atoms with Gasteiger partial charge in [-0.3, -0.25) is 4.79 Å². The molecular formula is C28H32N2O4S. The van der Waals surface area contributed by atoms with Gasteiger partial charge in [-0.1, -0.05) is 67.1 Å². The predicted molar refractivity (Wildman–Crippen MR) is 137 cm³/mol. The van der Waals surface area contributed by atoms with Gasteiger partial charge in [0.1, 0.15) is 12.4 Å². The van der Waals surface area contributed by atoms with Crippen LogP contribution >= 0.6 is 0 Å². The molecule has 35 heavy (non-hydrogen) atoms. The summed E-state index contributed by atoms with van der Waals surface area (Å²) in [7, 11) is -3.45. The number of amides is 1. The monoisotopic (exact) mass is 492 g/mol. The van der Waals surface area contributed by atoms with Gasteiger partial charge in [0.05, 0.1) is 11.4 Å². The third kappa shape index (κ3) is 6.71. The fourth-order valence-electron chi connectivity index (χ4n) is 4.38. The second kappa shape index (κ2) is 12.0. The van der Waals surface area contributed by atoms with E-state index in [1.54, 1.807) is 28.6 Å². The van der Waals surface area contributed by atoms with Crippen LogP contribution in [-0.2, 0) is 14.8 Å². The Bertz CT molecular complexity index is 1140. The molecule has 1 fully saturated rings. The number of carbonyl (C=O) groups excluding carboxylic acids is 1. The molecule has 3 aromatic rings. The molecule has 0 spiro atoms. The van der Waals surface area contributed by atoms with Crippen molar-refractivity contribution in [3.8, 4) is 5.75 Å². The summed E-state index contributed by atoms with van der Waals surface area (Å²) in [5, 5.41) is 2.94. The lowest BCUT2D eigenvalue weighted by Crippen LogP contribution is -2.35. The summed E-state index contributed by atoms with van der Waals surface area (Å²) >= 11 is 0. The van der Waals surface area contributed by atoms with Crippen molar-refractivity contribution in [2.24, 2.45) is 0 Å². The summed E-state index contributed by atoms with van der Waals surface area (Å²) in [6.07, 6.45) is 3.23. The Balaban J connectivity index is 1.27. The van der Waals surface area contributed by atoms with E-state index in [0.717, 1.165) is 30.4 Å². The summed E-state index contributed by atoms with van der Waals surface area (Å²) in [4.78, 5) is 13.0. The van der Waals surface area contributed by atoms with Crippen LogP contribution in [0.2, 0.25) is 0 Å². The van der Waals surface area contributed by atoms with Crippen molar-refractivity contribution in [2.75, 3.05) is 26.2 Å². The van der Waals surface area contributed by atoms with Crippen molar-refractivity contribution < 1.29 is 17.9 Å². The van der Waals surface area contributed by atoms with E-state index in [4.69, 9.17) is 4.74 Å². The predicted octanol–water partition coefficient (Wildman–Crippen LogP) is 4.58. The third-order valence-electron chi connectivity index (χ3n) is 6.26. The fourth-order valence-corrected chi connectivity index (χ4v) is 5.89. The second-order valence-corrected chi connectivity index (χ2v) is 10.7. The van der Waals surface area contributed by atoms with Crippen LogP contribution in [0.25, 0.3) is 0 Å². The smallest absolute Gasteiger partial charge is 0.243 e. The van der Waals surface area contributed by atoms with Gasteiger partial charge < -0.3 is 10.1 Å². The first kappa shape index (κ1) is 24.9. The van der Waals surface area contributed by atoms with Gasteiger partial charge in [-0.2, -0.15) is 4.31 Å². The number of ether oxygens (including phenoxy) is 1. The number of sulfonamides is 1. The molecule has 4 rings (SSSR count). The van der Waals surface area contributed by atoms with Crippen LogP contribution in [0.5, 0.6) is 5.75 Å². The number of benzene rings is 3. The average molecular weight is 493 g/mol. The summed E-state index contributed by atoms with van der Waals surface area (Å²) in [5.41, 5.74) is 2.20. The molecule has 1 N–H and O–H groups in total. The highest BCUT2D eigenvalue weighted by molar-refractivity contribution is 7.89. The van der Waals surface area contributed by atoms with Crippen molar-refractivity contribution >= 4 is 15.9 Å². The Morgan fingerprint density at radius 1 is 0.829 bits per heavy atom. The Kier molecular flexibility index (Phi) is 8.55. The first-order valence-electron chi connectivity index (χ1n) is 12.1. The Hall–Kier alpha value is -3.16. The molecule has 0 bridgehead atoms. The largest absolute Gasteiger partial charge is 0.492 e. The van der Waals surface area contributed by atoms with Crippen LogP contribution in [0.3, 0.4) is 0 Å². The zero-order valence-corrected chi connectivity index (χ0v) is 20.6. The number of carbonyl (C=O) groups is 1. The van der Waals surface area contributed by atoms with Crippen LogP contribution < -0.4 is 10.1 Å². The molecule has 1 amide bonds. The number of nitrogens with zero attached hydrogens (tertiary/aromatic N) is 1. The van der Waals surface area contributed by atoms with Crippen LogP contribution in [0.1, 0.15) is 42.7 Å². The molecule has 0 aromatic heterocycles. The molecule has 184 valence electrons. The zero-order valence-electron chi connectivity index (χ0n) is 19.8. The van der Waals surface area contributed by atoms with E-state index < -0.39 is 10.0 Å². The quantitative estimate of drug-likeness (QED) is 0.421. The van der Waals surface area contributed by atoms with E-state index in [2.05, 4.69) is 5.32 Å². The molecule has 1 saturated heterocycles. The maximum Gasteiger partial charge on any atom is 0.243 e. The number of rotatable bonds is 10. The number of nitrogens with one attached hydrogen (secondary N) is 1. The zero-order chi connectivity index (χ0) is 24.5. The molecule has 0 unspecified atom stereocenters. The fraction of sp³-hybridized carbons (Fsp3) is 0.321. The van der Waals surface area contributed by atoms with E-state index in [1.165, 1.54) is 0 Å². The lowest BCUT2D eigenvalue weighted by atomic mass is 9.88. The first-order chi connectivity index (χ1) is 17.0. The van der Waals surface area contributed by atoms with Gasteiger partial charge in [0.25, 0.3) is 0 Å². The molecule has 1 aliphatic rings. The van der Waals surface area contributed by atoms with Crippen molar-refractivity contribution in [3.05, 3.63) is 96.1 Å². The molecule has 0 saturated carbocycles. The van der Waals surface area contributed by atoms with Crippen molar-refractivity contribution in [2.45, 2.75) is 36.5 Å². The molecule has 7 heteroatoms. The van der Waals surface area contributed by atoms with Gasteiger partial charge >= 0.3 is 0 Å². The lowest BCUT2D eigenvalue weighted by molar-refractivity contribution is -0.121. The van der Waals surface area contributed by atoms with Gasteiger partial charge in [-0.25, -0.2) is 8.42 Å².